The Labute approximate surface area is 121 Å². The van der Waals surface area contributed by atoms with Crippen molar-refractivity contribution < 1.29 is 5.11 Å². The molecule has 1 unspecified atom stereocenters. The summed E-state index contributed by atoms with van der Waals surface area (Å²) < 4.78 is 2.26. The van der Waals surface area contributed by atoms with E-state index in [1.165, 1.54) is 0 Å². The maximum absolute atomic E-state index is 9.14. The second-order valence-corrected chi connectivity index (χ2v) is 5.84. The molecule has 0 aliphatic carbocycles. The van der Waals surface area contributed by atoms with Crippen LogP contribution in [0.5, 0.6) is 0 Å². The number of hydrogen-bond acceptors (Lipinski definition) is 3. The van der Waals surface area contributed by atoms with Crippen LogP contribution in [0, 0.1) is 5.92 Å². The highest BCUT2D eigenvalue weighted by Gasteiger charge is 2.24. The Kier molecular flexibility index (Phi) is 4.78. The zero-order chi connectivity index (χ0) is 14.7. The predicted molar refractivity (Wildman–Crippen MR) is 82.7 cm³/mol. The first kappa shape index (κ1) is 15.0. The Hall–Kier alpha value is -1.39. The molecule has 1 atom stereocenters. The lowest BCUT2D eigenvalue weighted by atomic mass is 10.0. The third kappa shape index (κ3) is 2.86. The standard InChI is InChI=1S/C16H25N3O/c1-12(2)15(18(3)4)16-17-13-8-5-6-9-14(13)19(16)10-7-11-20/h5-6,8-9,12,15,20H,7,10-11H2,1-4H3. The van der Waals surface area contributed by atoms with E-state index in [2.05, 4.69) is 49.5 Å². The topological polar surface area (TPSA) is 41.3 Å². The molecular formula is C16H25N3O. The molecule has 0 saturated heterocycles. The smallest absolute Gasteiger partial charge is 0.127 e. The molecule has 1 aromatic carbocycles. The van der Waals surface area contributed by atoms with Gasteiger partial charge in [-0.25, -0.2) is 4.98 Å². The van der Waals surface area contributed by atoms with Crippen LogP contribution in [0.15, 0.2) is 24.3 Å². The van der Waals surface area contributed by atoms with Crippen LogP contribution in [0.2, 0.25) is 0 Å². The van der Waals surface area contributed by atoms with Gasteiger partial charge in [0.2, 0.25) is 0 Å². The summed E-state index contributed by atoms with van der Waals surface area (Å²) >= 11 is 0. The average molecular weight is 275 g/mol. The molecule has 1 aromatic heterocycles. The molecule has 0 radical (unpaired) electrons. The number of imidazole rings is 1. The summed E-state index contributed by atoms with van der Waals surface area (Å²) in [6.07, 6.45) is 0.756. The van der Waals surface area contributed by atoms with E-state index in [-0.39, 0.29) is 12.6 Å². The van der Waals surface area contributed by atoms with Crippen LogP contribution in [0.3, 0.4) is 0 Å². The van der Waals surface area contributed by atoms with Gasteiger partial charge in [-0.15, -0.1) is 0 Å². The predicted octanol–water partition coefficient (Wildman–Crippen LogP) is 2.68. The molecule has 1 N–H and O–H groups in total. The minimum atomic E-state index is 0.209. The maximum Gasteiger partial charge on any atom is 0.127 e. The molecule has 0 amide bonds. The van der Waals surface area contributed by atoms with Crippen LogP contribution in [-0.4, -0.2) is 40.3 Å². The summed E-state index contributed by atoms with van der Waals surface area (Å²) in [7, 11) is 4.20. The summed E-state index contributed by atoms with van der Waals surface area (Å²) in [5.74, 6) is 1.58. The van der Waals surface area contributed by atoms with E-state index in [1.807, 2.05) is 12.1 Å². The zero-order valence-electron chi connectivity index (χ0n) is 12.9. The normalized spacial score (nSPS) is 13.6. The van der Waals surface area contributed by atoms with E-state index in [9.17, 15) is 0 Å². The first-order valence-corrected chi connectivity index (χ1v) is 7.28. The summed E-state index contributed by atoms with van der Waals surface area (Å²) in [5, 5.41) is 9.14. The van der Waals surface area contributed by atoms with Gasteiger partial charge in [-0.2, -0.15) is 0 Å². The number of benzene rings is 1. The van der Waals surface area contributed by atoms with E-state index in [4.69, 9.17) is 10.1 Å². The number of fused-ring (bicyclic) bond motifs is 1. The van der Waals surface area contributed by atoms with Crippen LogP contribution in [-0.2, 0) is 6.54 Å². The van der Waals surface area contributed by atoms with Crippen LogP contribution in [0.25, 0.3) is 11.0 Å². The molecule has 0 fully saturated rings. The number of rotatable bonds is 6. The van der Waals surface area contributed by atoms with Crippen molar-refractivity contribution in [1.29, 1.82) is 0 Å². The lowest BCUT2D eigenvalue weighted by Crippen LogP contribution is -2.27. The quantitative estimate of drug-likeness (QED) is 0.881. The van der Waals surface area contributed by atoms with Gasteiger partial charge in [0, 0.05) is 13.2 Å². The molecule has 0 aliphatic rings. The first-order valence-electron chi connectivity index (χ1n) is 7.28. The molecule has 0 bridgehead atoms. The molecule has 110 valence electrons. The molecule has 1 heterocycles. The minimum Gasteiger partial charge on any atom is -0.396 e. The average Bonchev–Trinajstić information content (AvgIpc) is 2.73. The molecule has 2 rings (SSSR count). The van der Waals surface area contributed by atoms with Crippen molar-refractivity contribution in [2.24, 2.45) is 5.92 Å². The largest absolute Gasteiger partial charge is 0.396 e. The van der Waals surface area contributed by atoms with Gasteiger partial charge in [-0.3, -0.25) is 4.90 Å². The molecule has 4 nitrogen and oxygen atoms in total. The van der Waals surface area contributed by atoms with Gasteiger partial charge in [-0.1, -0.05) is 26.0 Å². The van der Waals surface area contributed by atoms with E-state index >= 15 is 0 Å². The van der Waals surface area contributed by atoms with Crippen LogP contribution >= 0.6 is 0 Å². The SMILES string of the molecule is CC(C)C(c1nc2ccccc2n1CCCO)N(C)C. The number of para-hydroxylation sites is 2. The monoisotopic (exact) mass is 275 g/mol. The van der Waals surface area contributed by atoms with Gasteiger partial charge in [0.25, 0.3) is 0 Å². The Bertz CT molecular complexity index is 552. The zero-order valence-corrected chi connectivity index (χ0v) is 12.9. The maximum atomic E-state index is 9.14. The molecular weight excluding hydrogens is 250 g/mol. The van der Waals surface area contributed by atoms with Gasteiger partial charge in [0.15, 0.2) is 0 Å². The second kappa shape index (κ2) is 6.37. The molecule has 20 heavy (non-hydrogen) atoms. The number of aliphatic hydroxyl groups is 1. The first-order chi connectivity index (χ1) is 9.56. The fourth-order valence-electron chi connectivity index (χ4n) is 2.91. The van der Waals surface area contributed by atoms with Crippen molar-refractivity contribution in [2.45, 2.75) is 32.9 Å². The molecule has 4 heteroatoms. The second-order valence-electron chi connectivity index (χ2n) is 5.84. The third-order valence-corrected chi connectivity index (χ3v) is 3.68. The van der Waals surface area contributed by atoms with Gasteiger partial charge < -0.3 is 9.67 Å². The van der Waals surface area contributed by atoms with Gasteiger partial charge in [-0.05, 0) is 38.6 Å². The van der Waals surface area contributed by atoms with Crippen molar-refractivity contribution in [2.75, 3.05) is 20.7 Å². The van der Waals surface area contributed by atoms with E-state index < -0.39 is 0 Å². The fourth-order valence-corrected chi connectivity index (χ4v) is 2.91. The van der Waals surface area contributed by atoms with E-state index in [0.717, 1.165) is 29.8 Å². The van der Waals surface area contributed by atoms with Crippen molar-refractivity contribution in [3.8, 4) is 0 Å². The van der Waals surface area contributed by atoms with E-state index in [1.54, 1.807) is 0 Å². The Morgan fingerprint density at radius 2 is 1.95 bits per heavy atom. The molecule has 2 aromatic rings. The highest BCUT2D eigenvalue weighted by molar-refractivity contribution is 5.76. The van der Waals surface area contributed by atoms with Gasteiger partial charge in [0.1, 0.15) is 5.82 Å². The summed E-state index contributed by atoms with van der Waals surface area (Å²) in [6, 6.07) is 8.51. The number of nitrogens with zero attached hydrogens (tertiary/aromatic N) is 3. The molecule has 0 saturated carbocycles. The minimum absolute atomic E-state index is 0.209. The fraction of sp³-hybridized carbons (Fsp3) is 0.562. The van der Waals surface area contributed by atoms with E-state index in [0.29, 0.717) is 5.92 Å². The van der Waals surface area contributed by atoms with Gasteiger partial charge >= 0.3 is 0 Å². The summed E-state index contributed by atoms with van der Waals surface area (Å²) in [5.41, 5.74) is 2.19. The third-order valence-electron chi connectivity index (χ3n) is 3.68. The van der Waals surface area contributed by atoms with Crippen LogP contribution in [0.4, 0.5) is 0 Å². The Balaban J connectivity index is 2.54. The van der Waals surface area contributed by atoms with Crippen molar-refractivity contribution >= 4 is 11.0 Å². The highest BCUT2D eigenvalue weighted by Crippen LogP contribution is 2.29. The highest BCUT2D eigenvalue weighted by atomic mass is 16.3. The lowest BCUT2D eigenvalue weighted by molar-refractivity contribution is 0.216. The summed E-state index contributed by atoms with van der Waals surface area (Å²) in [4.78, 5) is 7.07. The van der Waals surface area contributed by atoms with Crippen LogP contribution < -0.4 is 0 Å². The number of aromatic nitrogens is 2. The molecule has 0 aliphatic heterocycles. The summed E-state index contributed by atoms with van der Waals surface area (Å²) in [6.45, 7) is 5.46. The van der Waals surface area contributed by atoms with Crippen molar-refractivity contribution in [3.63, 3.8) is 0 Å². The van der Waals surface area contributed by atoms with Crippen molar-refractivity contribution in [3.05, 3.63) is 30.1 Å². The lowest BCUT2D eigenvalue weighted by Gasteiger charge is -2.28. The van der Waals surface area contributed by atoms with Crippen LogP contribution in [0.1, 0.15) is 32.1 Å². The van der Waals surface area contributed by atoms with Gasteiger partial charge in [0.05, 0.1) is 17.1 Å². The Morgan fingerprint density at radius 3 is 2.55 bits per heavy atom. The number of hydrogen-bond donors (Lipinski definition) is 1. The van der Waals surface area contributed by atoms with Crippen molar-refractivity contribution in [1.82, 2.24) is 14.5 Å². The number of aliphatic hydroxyl groups excluding tert-OH is 1. The molecule has 0 spiro atoms. The Morgan fingerprint density at radius 1 is 1.25 bits per heavy atom. The number of aryl methyl sites for hydroxylation is 1.